The van der Waals surface area contributed by atoms with Crippen molar-refractivity contribution in [3.8, 4) is 28.2 Å². The van der Waals surface area contributed by atoms with Crippen molar-refractivity contribution in [3.63, 3.8) is 0 Å². The Bertz CT molecular complexity index is 1720. The van der Waals surface area contributed by atoms with Gasteiger partial charge in [0.1, 0.15) is 23.2 Å². The SMILES string of the molecule is O=C(O)c1ccccc1-c1c2cc(CCC3OC3O)c(=O)cc-2oc2c1ccc1cc(O)c(Cl)cc12. The van der Waals surface area contributed by atoms with Gasteiger partial charge in [-0.1, -0.05) is 35.9 Å². The lowest BCUT2D eigenvalue weighted by atomic mass is 9.88. The summed E-state index contributed by atoms with van der Waals surface area (Å²) in [5, 5.41) is 31.5. The summed E-state index contributed by atoms with van der Waals surface area (Å²) in [5.74, 6) is -0.857. The minimum absolute atomic E-state index is 0.0722. The second-order valence-electron chi connectivity index (χ2n) is 8.85. The molecule has 1 saturated heterocycles. The third-order valence-electron chi connectivity index (χ3n) is 6.63. The third kappa shape index (κ3) is 3.69. The number of aryl methyl sites for hydroxylation is 1. The normalized spacial score (nSPS) is 17.2. The number of phenolic OH excluding ortho intramolecular Hbond substituents is 1. The van der Waals surface area contributed by atoms with Gasteiger partial charge in [0.2, 0.25) is 0 Å². The molecule has 0 saturated carbocycles. The zero-order valence-electron chi connectivity index (χ0n) is 18.7. The van der Waals surface area contributed by atoms with Gasteiger partial charge in [0.15, 0.2) is 11.7 Å². The summed E-state index contributed by atoms with van der Waals surface area (Å²) in [6, 6.07) is 16.5. The van der Waals surface area contributed by atoms with Crippen molar-refractivity contribution >= 4 is 39.3 Å². The van der Waals surface area contributed by atoms with Crippen LogP contribution in [0.15, 0.2) is 69.9 Å². The molecule has 2 aliphatic heterocycles. The lowest BCUT2D eigenvalue weighted by molar-refractivity contribution is 0.0697. The Morgan fingerprint density at radius 2 is 1.78 bits per heavy atom. The molecular weight excluding hydrogens is 484 g/mol. The molecule has 2 heterocycles. The van der Waals surface area contributed by atoms with Crippen LogP contribution in [-0.2, 0) is 11.2 Å². The van der Waals surface area contributed by atoms with E-state index in [2.05, 4.69) is 0 Å². The van der Waals surface area contributed by atoms with E-state index in [9.17, 15) is 24.9 Å². The van der Waals surface area contributed by atoms with Crippen LogP contribution in [0.25, 0.3) is 44.2 Å². The maximum atomic E-state index is 13.0. The average Bonchev–Trinajstić information content (AvgIpc) is 3.57. The zero-order chi connectivity index (χ0) is 25.1. The number of benzene rings is 4. The van der Waals surface area contributed by atoms with Crippen LogP contribution in [-0.4, -0.2) is 33.7 Å². The third-order valence-corrected chi connectivity index (χ3v) is 6.93. The molecule has 3 aliphatic rings. The first-order chi connectivity index (χ1) is 17.3. The predicted octanol–water partition coefficient (Wildman–Crippen LogP) is 5.43. The number of aliphatic hydroxyl groups is 1. The van der Waals surface area contributed by atoms with Gasteiger partial charge < -0.3 is 24.5 Å². The van der Waals surface area contributed by atoms with Crippen molar-refractivity contribution < 1.29 is 29.3 Å². The molecule has 36 heavy (non-hydrogen) atoms. The van der Waals surface area contributed by atoms with Gasteiger partial charge in [0.05, 0.1) is 10.6 Å². The summed E-state index contributed by atoms with van der Waals surface area (Å²) >= 11 is 6.20. The molecular formula is C28H19ClO7. The zero-order valence-corrected chi connectivity index (χ0v) is 19.5. The van der Waals surface area contributed by atoms with E-state index in [-0.39, 0.29) is 27.9 Å². The highest BCUT2D eigenvalue weighted by atomic mass is 35.5. The number of aliphatic hydroxyl groups excluding tert-OH is 1. The summed E-state index contributed by atoms with van der Waals surface area (Å²) in [6.45, 7) is 0. The molecule has 7 nitrogen and oxygen atoms in total. The number of halogens is 1. The molecule has 180 valence electrons. The number of carboxylic acid groups (broad SMARTS) is 1. The maximum Gasteiger partial charge on any atom is 0.336 e. The molecule has 0 radical (unpaired) electrons. The summed E-state index contributed by atoms with van der Waals surface area (Å²) in [5.41, 5.74) is 2.49. The Morgan fingerprint density at radius 3 is 2.53 bits per heavy atom. The lowest BCUT2D eigenvalue weighted by Gasteiger charge is -2.18. The fraction of sp³-hybridized carbons (Fsp3) is 0.143. The van der Waals surface area contributed by atoms with Crippen molar-refractivity contribution in [2.45, 2.75) is 25.2 Å². The summed E-state index contributed by atoms with van der Waals surface area (Å²) in [4.78, 5) is 25.1. The Morgan fingerprint density at radius 1 is 1.00 bits per heavy atom. The van der Waals surface area contributed by atoms with Crippen LogP contribution < -0.4 is 5.43 Å². The Kier molecular flexibility index (Phi) is 5.22. The number of aromatic hydroxyl groups is 1. The highest BCUT2D eigenvalue weighted by molar-refractivity contribution is 6.33. The first-order valence-corrected chi connectivity index (χ1v) is 11.7. The van der Waals surface area contributed by atoms with Gasteiger partial charge in [-0.05, 0) is 54.1 Å². The molecule has 2 atom stereocenters. The van der Waals surface area contributed by atoms with Crippen molar-refractivity contribution in [3.05, 3.63) is 87.0 Å². The quantitative estimate of drug-likeness (QED) is 0.166. The monoisotopic (exact) mass is 502 g/mol. The molecule has 8 heteroatoms. The van der Waals surface area contributed by atoms with Crippen molar-refractivity contribution in [1.82, 2.24) is 0 Å². The van der Waals surface area contributed by atoms with Gasteiger partial charge in [-0.15, -0.1) is 0 Å². The number of hydrogen-bond acceptors (Lipinski definition) is 6. The van der Waals surface area contributed by atoms with Crippen LogP contribution in [0.2, 0.25) is 5.02 Å². The minimum atomic E-state index is -1.08. The van der Waals surface area contributed by atoms with Crippen molar-refractivity contribution in [1.29, 1.82) is 0 Å². The highest BCUT2D eigenvalue weighted by Crippen LogP contribution is 2.44. The molecule has 0 spiro atoms. The molecule has 0 bridgehead atoms. The van der Waals surface area contributed by atoms with Gasteiger partial charge in [0.25, 0.3) is 0 Å². The van der Waals surface area contributed by atoms with Gasteiger partial charge >= 0.3 is 5.97 Å². The highest BCUT2D eigenvalue weighted by Gasteiger charge is 2.36. The molecule has 3 aromatic carbocycles. The van der Waals surface area contributed by atoms with Gasteiger partial charge in [-0.2, -0.15) is 0 Å². The average molecular weight is 503 g/mol. The molecule has 0 amide bonds. The number of hydrogen-bond donors (Lipinski definition) is 3. The van der Waals surface area contributed by atoms with Crippen LogP contribution in [0.1, 0.15) is 22.3 Å². The molecule has 3 aromatic rings. The molecule has 3 N–H and O–H groups in total. The van der Waals surface area contributed by atoms with E-state index in [0.29, 0.717) is 62.6 Å². The van der Waals surface area contributed by atoms with E-state index in [1.165, 1.54) is 18.2 Å². The van der Waals surface area contributed by atoms with E-state index >= 15 is 0 Å². The number of carbonyl (C=O) groups is 1. The maximum absolute atomic E-state index is 13.0. The largest absolute Gasteiger partial charge is 0.506 e. The van der Waals surface area contributed by atoms with Crippen LogP contribution in [0.3, 0.4) is 0 Å². The molecule has 1 fully saturated rings. The second-order valence-corrected chi connectivity index (χ2v) is 9.26. The summed E-state index contributed by atoms with van der Waals surface area (Å²) in [7, 11) is 0. The van der Waals surface area contributed by atoms with Gasteiger partial charge in [-0.25, -0.2) is 4.79 Å². The summed E-state index contributed by atoms with van der Waals surface area (Å²) in [6.07, 6.45) is -0.209. The van der Waals surface area contributed by atoms with E-state index in [1.54, 1.807) is 42.5 Å². The number of phenols is 1. The van der Waals surface area contributed by atoms with Crippen molar-refractivity contribution in [2.75, 3.05) is 0 Å². The van der Waals surface area contributed by atoms with Gasteiger partial charge in [-0.3, -0.25) is 4.79 Å². The van der Waals surface area contributed by atoms with Crippen molar-refractivity contribution in [2.24, 2.45) is 0 Å². The smallest absolute Gasteiger partial charge is 0.336 e. The Labute approximate surface area is 209 Å². The number of carboxylic acids is 1. The van der Waals surface area contributed by atoms with Crippen LogP contribution in [0.5, 0.6) is 5.75 Å². The number of epoxide rings is 1. The standard InChI is InChI=1S/C28H19ClO7/c29-20-11-18-13(10-22(20)31)5-7-17-25(15-3-1-2-4-16(15)27(32)33)19-9-14(6-8-23-28(34)36-23)21(30)12-24(19)35-26(17)18/h1-5,7,9-12,23,28,31,34H,6,8H2,(H,32,33). The Hall–Kier alpha value is -3.91. The van der Waals surface area contributed by atoms with Crippen LogP contribution in [0, 0.1) is 0 Å². The van der Waals surface area contributed by atoms with E-state index in [4.69, 9.17) is 20.8 Å². The number of ether oxygens (including phenoxy) is 1. The first kappa shape index (κ1) is 22.5. The fourth-order valence-electron chi connectivity index (χ4n) is 4.77. The summed E-state index contributed by atoms with van der Waals surface area (Å²) < 4.78 is 11.3. The first-order valence-electron chi connectivity index (χ1n) is 11.3. The second kappa shape index (κ2) is 8.34. The fourth-order valence-corrected chi connectivity index (χ4v) is 4.93. The van der Waals surface area contributed by atoms with E-state index in [1.807, 2.05) is 0 Å². The molecule has 2 unspecified atom stereocenters. The topological polar surface area (TPSA) is 120 Å². The predicted molar refractivity (Wildman–Crippen MR) is 135 cm³/mol. The molecule has 0 aromatic heterocycles. The van der Waals surface area contributed by atoms with E-state index in [0.717, 1.165) is 0 Å². The molecule has 6 rings (SSSR count). The minimum Gasteiger partial charge on any atom is -0.506 e. The Balaban J connectivity index is 1.70. The number of rotatable bonds is 5. The van der Waals surface area contributed by atoms with Crippen LogP contribution in [0.4, 0.5) is 0 Å². The van der Waals surface area contributed by atoms with Crippen LogP contribution >= 0.6 is 11.6 Å². The lowest BCUT2D eigenvalue weighted by Crippen LogP contribution is -2.11. The molecule has 1 aliphatic carbocycles. The van der Waals surface area contributed by atoms with Gasteiger partial charge in [0, 0.05) is 33.5 Å². The number of fused-ring (bicyclic) bond motifs is 4. The number of aromatic carboxylic acids is 1. The van der Waals surface area contributed by atoms with E-state index < -0.39 is 12.3 Å².